The minimum absolute atomic E-state index is 0.0112. The molecule has 0 radical (unpaired) electrons. The van der Waals surface area contributed by atoms with E-state index in [9.17, 15) is 9.18 Å². The van der Waals surface area contributed by atoms with Crippen molar-refractivity contribution in [1.82, 2.24) is 30.0 Å². The van der Waals surface area contributed by atoms with Crippen molar-refractivity contribution in [2.24, 2.45) is 7.05 Å². The first-order valence-corrected chi connectivity index (χ1v) is 14.6. The first kappa shape index (κ1) is 29.1. The van der Waals surface area contributed by atoms with Gasteiger partial charge in [0, 0.05) is 55.2 Å². The highest BCUT2D eigenvalue weighted by Gasteiger charge is 2.27. The Morgan fingerprint density at radius 1 is 1.18 bits per heavy atom. The van der Waals surface area contributed by atoms with E-state index >= 15 is 4.39 Å². The number of fused-ring (bicyclic) bond motifs is 2. The van der Waals surface area contributed by atoms with Crippen LogP contribution in [0.15, 0.2) is 66.8 Å². The molecule has 44 heavy (non-hydrogen) atoms. The third-order valence-electron chi connectivity index (χ3n) is 7.28. The predicted molar refractivity (Wildman–Crippen MR) is 166 cm³/mol. The van der Waals surface area contributed by atoms with Crippen LogP contribution in [0.1, 0.15) is 18.7 Å². The van der Waals surface area contributed by atoms with Gasteiger partial charge >= 0.3 is 0 Å². The van der Waals surface area contributed by atoms with E-state index in [-0.39, 0.29) is 30.4 Å². The SMILES string of the molecule is C=CC(=O)NC(C)c1cc(-c2nc(-c3cnc4ccn(C)c4c3)c3sccc3c2-c2c(F)cc(F)cc2OCCOC)n[nH]1. The van der Waals surface area contributed by atoms with E-state index in [1.54, 1.807) is 19.2 Å². The molecule has 1 unspecified atom stereocenters. The number of aromatic nitrogens is 5. The third-order valence-corrected chi connectivity index (χ3v) is 8.20. The molecule has 1 atom stereocenters. The van der Waals surface area contributed by atoms with E-state index in [1.807, 2.05) is 41.4 Å². The van der Waals surface area contributed by atoms with Crippen molar-refractivity contribution in [1.29, 1.82) is 0 Å². The van der Waals surface area contributed by atoms with Crippen LogP contribution in [0.3, 0.4) is 0 Å². The van der Waals surface area contributed by atoms with Crippen LogP contribution in [-0.4, -0.2) is 51.0 Å². The molecule has 1 aromatic carbocycles. The Hall–Kier alpha value is -4.94. The van der Waals surface area contributed by atoms with Crippen LogP contribution in [-0.2, 0) is 16.6 Å². The van der Waals surface area contributed by atoms with E-state index in [4.69, 9.17) is 14.5 Å². The highest BCUT2D eigenvalue weighted by molar-refractivity contribution is 7.17. The normalized spacial score (nSPS) is 12.1. The molecule has 5 aromatic heterocycles. The van der Waals surface area contributed by atoms with Gasteiger partial charge in [0.1, 0.15) is 29.7 Å². The average Bonchev–Trinajstić information content (AvgIpc) is 3.77. The molecule has 0 spiro atoms. The molecular formula is C32H28F2N6O3S. The second-order valence-corrected chi connectivity index (χ2v) is 11.1. The number of rotatable bonds is 10. The summed E-state index contributed by atoms with van der Waals surface area (Å²) in [4.78, 5) is 21.7. The highest BCUT2D eigenvalue weighted by atomic mass is 32.1. The smallest absolute Gasteiger partial charge is 0.243 e. The number of ether oxygens (including phenoxy) is 2. The number of pyridine rings is 2. The fourth-order valence-corrected chi connectivity index (χ4v) is 6.02. The molecular weight excluding hydrogens is 586 g/mol. The van der Waals surface area contributed by atoms with Crippen molar-refractivity contribution >= 4 is 38.4 Å². The highest BCUT2D eigenvalue weighted by Crippen LogP contribution is 2.46. The Kier molecular flexibility index (Phi) is 7.93. The maximum Gasteiger partial charge on any atom is 0.243 e. The molecule has 224 valence electrons. The number of nitrogens with one attached hydrogen (secondary N) is 2. The van der Waals surface area contributed by atoms with Gasteiger partial charge in [-0.1, -0.05) is 6.58 Å². The number of methoxy groups -OCH3 is 1. The number of carbonyl (C=O) groups is 1. The summed E-state index contributed by atoms with van der Waals surface area (Å²) in [5.74, 6) is -1.92. The second kappa shape index (κ2) is 12.0. The molecule has 0 saturated carbocycles. The first-order valence-electron chi connectivity index (χ1n) is 13.7. The summed E-state index contributed by atoms with van der Waals surface area (Å²) in [5, 5.41) is 12.9. The van der Waals surface area contributed by atoms with Crippen LogP contribution in [0, 0.1) is 11.6 Å². The molecule has 2 N–H and O–H groups in total. The van der Waals surface area contributed by atoms with Gasteiger partial charge in [-0.05, 0) is 42.6 Å². The van der Waals surface area contributed by atoms with Gasteiger partial charge in [0.15, 0.2) is 0 Å². The average molecular weight is 615 g/mol. The van der Waals surface area contributed by atoms with Crippen molar-refractivity contribution in [3.8, 4) is 39.5 Å². The van der Waals surface area contributed by atoms with Crippen LogP contribution in [0.25, 0.3) is 54.9 Å². The van der Waals surface area contributed by atoms with Gasteiger partial charge in [-0.15, -0.1) is 11.3 Å². The molecule has 9 nitrogen and oxygen atoms in total. The quantitative estimate of drug-likeness (QED) is 0.134. The fraction of sp³-hybridized carbons (Fsp3) is 0.188. The van der Waals surface area contributed by atoms with Gasteiger partial charge in [-0.3, -0.25) is 14.9 Å². The van der Waals surface area contributed by atoms with E-state index in [0.29, 0.717) is 33.7 Å². The molecule has 0 aliphatic rings. The molecule has 0 aliphatic heterocycles. The largest absolute Gasteiger partial charge is 0.490 e. The van der Waals surface area contributed by atoms with Crippen LogP contribution in [0.5, 0.6) is 5.75 Å². The van der Waals surface area contributed by atoms with Crippen LogP contribution >= 0.6 is 11.3 Å². The summed E-state index contributed by atoms with van der Waals surface area (Å²) in [7, 11) is 3.46. The van der Waals surface area contributed by atoms with E-state index in [1.165, 1.54) is 24.5 Å². The number of aryl methyl sites for hydroxylation is 1. The Bertz CT molecular complexity index is 2030. The van der Waals surface area contributed by atoms with Gasteiger partial charge < -0.3 is 19.4 Å². The summed E-state index contributed by atoms with van der Waals surface area (Å²) in [6.45, 7) is 5.60. The maximum absolute atomic E-state index is 15.9. The zero-order valence-electron chi connectivity index (χ0n) is 24.1. The first-order chi connectivity index (χ1) is 21.3. The number of hydrogen-bond acceptors (Lipinski definition) is 7. The summed E-state index contributed by atoms with van der Waals surface area (Å²) >= 11 is 1.45. The van der Waals surface area contributed by atoms with Crippen LogP contribution in [0.4, 0.5) is 8.78 Å². The van der Waals surface area contributed by atoms with E-state index in [0.717, 1.165) is 33.4 Å². The minimum atomic E-state index is -0.810. The van der Waals surface area contributed by atoms with Crippen LogP contribution < -0.4 is 10.1 Å². The van der Waals surface area contributed by atoms with Crippen molar-refractivity contribution in [3.05, 3.63) is 84.2 Å². The van der Waals surface area contributed by atoms with Crippen molar-refractivity contribution in [2.45, 2.75) is 13.0 Å². The number of nitrogens with zero attached hydrogens (tertiary/aromatic N) is 4. The van der Waals surface area contributed by atoms with Crippen molar-refractivity contribution in [2.75, 3.05) is 20.3 Å². The molecule has 6 aromatic rings. The Labute approximate surface area is 255 Å². The van der Waals surface area contributed by atoms with Crippen molar-refractivity contribution < 1.29 is 23.0 Å². The number of halogens is 2. The van der Waals surface area contributed by atoms with E-state index < -0.39 is 17.7 Å². The fourth-order valence-electron chi connectivity index (χ4n) is 5.11. The molecule has 0 aliphatic carbocycles. The number of benzene rings is 1. The zero-order chi connectivity index (χ0) is 31.0. The number of H-pyrrole nitrogens is 1. The second-order valence-electron chi connectivity index (χ2n) is 10.1. The van der Waals surface area contributed by atoms with Crippen molar-refractivity contribution in [3.63, 3.8) is 0 Å². The number of amides is 1. The van der Waals surface area contributed by atoms with Gasteiger partial charge in [-0.2, -0.15) is 5.10 Å². The van der Waals surface area contributed by atoms with Gasteiger partial charge in [-0.25, -0.2) is 13.8 Å². The Morgan fingerprint density at radius 2 is 2.02 bits per heavy atom. The number of carbonyl (C=O) groups excluding carboxylic acids is 1. The molecule has 0 bridgehead atoms. The summed E-state index contributed by atoms with van der Waals surface area (Å²) in [5.41, 5.74) is 4.92. The van der Waals surface area contributed by atoms with Gasteiger partial charge in [0.2, 0.25) is 5.91 Å². The Balaban J connectivity index is 1.62. The van der Waals surface area contributed by atoms with Gasteiger partial charge in [0.05, 0.1) is 51.0 Å². The lowest BCUT2D eigenvalue weighted by atomic mass is 9.95. The summed E-state index contributed by atoms with van der Waals surface area (Å²) in [6.07, 6.45) is 4.88. The van der Waals surface area contributed by atoms with Crippen LogP contribution in [0.2, 0.25) is 0 Å². The zero-order valence-corrected chi connectivity index (χ0v) is 25.0. The Morgan fingerprint density at radius 3 is 2.82 bits per heavy atom. The predicted octanol–water partition coefficient (Wildman–Crippen LogP) is 6.57. The lowest BCUT2D eigenvalue weighted by molar-refractivity contribution is -0.117. The lowest BCUT2D eigenvalue weighted by Gasteiger charge is -2.17. The summed E-state index contributed by atoms with van der Waals surface area (Å²) in [6, 6.07) is 9.10. The molecule has 6 rings (SSSR count). The van der Waals surface area contributed by atoms with Gasteiger partial charge in [0.25, 0.3) is 0 Å². The minimum Gasteiger partial charge on any atom is -0.490 e. The van der Waals surface area contributed by atoms with E-state index in [2.05, 4.69) is 27.1 Å². The standard InChI is InChI=1S/C32H28F2N6O3S/c1-5-27(41)36-17(2)23-15-24(39-38-23)31-28(29-21(34)13-19(33)14-26(29)43-10-9-42-4)20-7-11-44-32(20)30(37-31)18-12-25-22(35-16-18)6-8-40(25)3/h5-8,11-17H,1,9-10H2,2-4H3,(H,36,41)(H,38,39). The lowest BCUT2D eigenvalue weighted by Crippen LogP contribution is -2.24. The number of hydrogen-bond donors (Lipinski definition) is 2. The monoisotopic (exact) mass is 614 g/mol. The molecule has 0 fully saturated rings. The molecule has 12 heteroatoms. The number of thiophene rings is 1. The molecule has 1 amide bonds. The number of aromatic amines is 1. The maximum atomic E-state index is 15.9. The topological polar surface area (TPSA) is 107 Å². The molecule has 5 heterocycles. The third kappa shape index (κ3) is 5.33. The molecule has 0 saturated heterocycles. The summed E-state index contributed by atoms with van der Waals surface area (Å²) < 4.78 is 44.1.